The summed E-state index contributed by atoms with van der Waals surface area (Å²) in [5, 5.41) is 8.24. The maximum atomic E-state index is 12.1. The molecule has 4 nitrogen and oxygen atoms in total. The van der Waals surface area contributed by atoms with Crippen molar-refractivity contribution in [3.8, 4) is 0 Å². The second-order valence-corrected chi connectivity index (χ2v) is 4.20. The number of esters is 1. The quantitative estimate of drug-likeness (QED) is 0.751. The molecule has 1 atom stereocenters. The molecule has 0 spiro atoms. The number of hydrogen-bond acceptors (Lipinski definition) is 4. The molecule has 0 aliphatic carbocycles. The lowest BCUT2D eigenvalue weighted by Crippen LogP contribution is -2.23. The van der Waals surface area contributed by atoms with Crippen molar-refractivity contribution in [3.05, 3.63) is 35.4 Å². The second-order valence-electron chi connectivity index (χ2n) is 4.20. The Balaban J connectivity index is 2.53. The minimum absolute atomic E-state index is 0.267. The Morgan fingerprint density at radius 3 is 2.72 bits per heavy atom. The first-order chi connectivity index (χ1) is 8.65. The van der Waals surface area contributed by atoms with Crippen LogP contribution in [0.4, 0.5) is 0 Å². The Hall–Kier alpha value is -1.97. The fourth-order valence-corrected chi connectivity index (χ4v) is 2.09. The summed E-state index contributed by atoms with van der Waals surface area (Å²) < 4.78 is 5.13. The molecule has 18 heavy (non-hydrogen) atoms. The number of nitrogens with zero attached hydrogens (tertiary/aromatic N) is 2. The van der Waals surface area contributed by atoms with Crippen LogP contribution in [0.3, 0.4) is 0 Å². The molecule has 0 aromatic heterocycles. The third-order valence-electron chi connectivity index (χ3n) is 2.96. The minimum Gasteiger partial charge on any atom is -0.465 e. The first kappa shape index (κ1) is 12.5. The molecular weight excluding hydrogens is 228 g/mol. The van der Waals surface area contributed by atoms with E-state index in [0.717, 1.165) is 16.8 Å². The molecule has 1 unspecified atom stereocenters. The molecule has 0 amide bonds. The third-order valence-corrected chi connectivity index (χ3v) is 2.96. The van der Waals surface area contributed by atoms with Crippen LogP contribution in [0.5, 0.6) is 0 Å². The largest absolute Gasteiger partial charge is 0.465 e. The van der Waals surface area contributed by atoms with Gasteiger partial charge >= 0.3 is 5.97 Å². The van der Waals surface area contributed by atoms with Gasteiger partial charge < -0.3 is 4.74 Å². The van der Waals surface area contributed by atoms with E-state index < -0.39 is 5.92 Å². The highest BCUT2D eigenvalue weighted by Gasteiger charge is 2.29. The Morgan fingerprint density at radius 2 is 2.00 bits per heavy atom. The van der Waals surface area contributed by atoms with Crippen LogP contribution in [0.2, 0.25) is 0 Å². The summed E-state index contributed by atoms with van der Waals surface area (Å²) in [6.07, 6.45) is 0. The van der Waals surface area contributed by atoms with E-state index in [2.05, 4.69) is 10.2 Å². The molecule has 4 heteroatoms. The monoisotopic (exact) mass is 244 g/mol. The second kappa shape index (κ2) is 5.12. The van der Waals surface area contributed by atoms with Gasteiger partial charge in [-0.25, -0.2) is 0 Å². The van der Waals surface area contributed by atoms with Gasteiger partial charge in [-0.1, -0.05) is 24.3 Å². The predicted octanol–water partition coefficient (Wildman–Crippen LogP) is 2.53. The van der Waals surface area contributed by atoms with Crippen LogP contribution < -0.4 is 0 Å². The van der Waals surface area contributed by atoms with Gasteiger partial charge in [0.05, 0.1) is 18.0 Å². The maximum absolute atomic E-state index is 12.1. The average Bonchev–Trinajstić information content (AvgIpc) is 2.48. The van der Waals surface area contributed by atoms with Gasteiger partial charge in [0.25, 0.3) is 0 Å². The van der Waals surface area contributed by atoms with Gasteiger partial charge in [-0.3, -0.25) is 4.79 Å². The Bertz CT molecular complexity index is 532. The van der Waals surface area contributed by atoms with Crippen LogP contribution in [-0.2, 0) is 9.53 Å². The zero-order valence-electron chi connectivity index (χ0n) is 10.8. The summed E-state index contributed by atoms with van der Waals surface area (Å²) in [6, 6.07) is 7.73. The normalized spacial score (nSPS) is 18.3. The molecule has 0 bridgehead atoms. The fourth-order valence-electron chi connectivity index (χ4n) is 2.09. The number of benzene rings is 1. The number of ether oxygens (including phenoxy) is 1. The molecule has 0 N–H and O–H groups in total. The smallest absolute Gasteiger partial charge is 0.319 e. The van der Waals surface area contributed by atoms with E-state index in [1.54, 1.807) is 13.8 Å². The number of carbonyl (C=O) groups excluding carboxylic acids is 1. The van der Waals surface area contributed by atoms with Gasteiger partial charge in [-0.15, -0.1) is 0 Å². The Morgan fingerprint density at radius 1 is 1.28 bits per heavy atom. The molecule has 2 rings (SSSR count). The topological polar surface area (TPSA) is 51.0 Å². The fraction of sp³-hybridized carbons (Fsp3) is 0.357. The molecule has 1 heterocycles. The summed E-state index contributed by atoms with van der Waals surface area (Å²) in [4.78, 5) is 12.1. The summed E-state index contributed by atoms with van der Waals surface area (Å²) in [7, 11) is 0. The van der Waals surface area contributed by atoms with Crippen molar-refractivity contribution in [2.75, 3.05) is 6.61 Å². The number of rotatable bonds is 2. The molecule has 0 fully saturated rings. The van der Waals surface area contributed by atoms with Crippen molar-refractivity contribution in [3.63, 3.8) is 0 Å². The molecule has 1 aliphatic rings. The van der Waals surface area contributed by atoms with Gasteiger partial charge in [0.2, 0.25) is 0 Å². The third kappa shape index (κ3) is 2.18. The maximum Gasteiger partial charge on any atom is 0.319 e. The van der Waals surface area contributed by atoms with Gasteiger partial charge in [-0.05, 0) is 26.3 Å². The van der Waals surface area contributed by atoms with Crippen molar-refractivity contribution < 1.29 is 9.53 Å². The van der Waals surface area contributed by atoms with Gasteiger partial charge in [-0.2, -0.15) is 10.2 Å². The average molecular weight is 244 g/mol. The van der Waals surface area contributed by atoms with E-state index >= 15 is 0 Å². The molecule has 1 aromatic rings. The van der Waals surface area contributed by atoms with Crippen LogP contribution in [0.15, 0.2) is 34.5 Å². The molecule has 94 valence electrons. The highest BCUT2D eigenvalue weighted by atomic mass is 16.5. The van der Waals surface area contributed by atoms with E-state index in [0.29, 0.717) is 12.3 Å². The van der Waals surface area contributed by atoms with Gasteiger partial charge in [0.1, 0.15) is 5.92 Å². The summed E-state index contributed by atoms with van der Waals surface area (Å²) in [5.74, 6) is -0.724. The van der Waals surface area contributed by atoms with E-state index in [-0.39, 0.29) is 5.97 Å². The van der Waals surface area contributed by atoms with Crippen LogP contribution >= 0.6 is 0 Å². The summed E-state index contributed by atoms with van der Waals surface area (Å²) >= 11 is 0. The first-order valence-corrected chi connectivity index (χ1v) is 5.99. The van der Waals surface area contributed by atoms with Crippen LogP contribution in [0.25, 0.3) is 0 Å². The van der Waals surface area contributed by atoms with Crippen molar-refractivity contribution >= 4 is 17.4 Å². The van der Waals surface area contributed by atoms with Crippen molar-refractivity contribution in [1.29, 1.82) is 0 Å². The number of fused-ring (bicyclic) bond motifs is 1. The van der Waals surface area contributed by atoms with Crippen molar-refractivity contribution in [2.24, 2.45) is 10.2 Å². The summed E-state index contributed by atoms with van der Waals surface area (Å²) in [5.41, 5.74) is 3.35. The van der Waals surface area contributed by atoms with Crippen LogP contribution in [-0.4, -0.2) is 24.0 Å². The van der Waals surface area contributed by atoms with Crippen LogP contribution in [0.1, 0.15) is 37.8 Å². The van der Waals surface area contributed by atoms with Crippen molar-refractivity contribution in [1.82, 2.24) is 0 Å². The predicted molar refractivity (Wildman–Crippen MR) is 71.1 cm³/mol. The van der Waals surface area contributed by atoms with E-state index in [4.69, 9.17) is 4.74 Å². The SMILES string of the molecule is CCOC(=O)C1C(C)=NN=C(C)c2ccccc21. The van der Waals surface area contributed by atoms with Crippen LogP contribution in [0, 0.1) is 0 Å². The standard InChI is InChI=1S/C14H16N2O2/c1-4-18-14(17)13-10(3)16-15-9(2)11-7-5-6-8-12(11)13/h5-8,13H,4H2,1-3H3. The first-order valence-electron chi connectivity index (χ1n) is 5.99. The Labute approximate surface area is 106 Å². The van der Waals surface area contributed by atoms with E-state index in [1.807, 2.05) is 31.2 Å². The number of hydrogen-bond donors (Lipinski definition) is 0. The zero-order valence-corrected chi connectivity index (χ0v) is 10.8. The lowest BCUT2D eigenvalue weighted by atomic mass is 9.89. The molecular formula is C14H16N2O2. The highest BCUT2D eigenvalue weighted by Crippen LogP contribution is 2.26. The lowest BCUT2D eigenvalue weighted by Gasteiger charge is -2.16. The van der Waals surface area contributed by atoms with Crippen molar-refractivity contribution in [2.45, 2.75) is 26.7 Å². The minimum atomic E-state index is -0.456. The Kier molecular flexibility index (Phi) is 3.55. The molecule has 1 aromatic carbocycles. The van der Waals surface area contributed by atoms with E-state index in [9.17, 15) is 4.79 Å². The number of carbonyl (C=O) groups is 1. The molecule has 1 aliphatic heterocycles. The summed E-state index contributed by atoms with van der Waals surface area (Å²) in [6.45, 7) is 5.86. The van der Waals surface area contributed by atoms with E-state index in [1.165, 1.54) is 0 Å². The lowest BCUT2D eigenvalue weighted by molar-refractivity contribution is -0.143. The van der Waals surface area contributed by atoms with Gasteiger partial charge in [0.15, 0.2) is 0 Å². The van der Waals surface area contributed by atoms with Gasteiger partial charge in [0, 0.05) is 5.56 Å². The highest BCUT2D eigenvalue weighted by molar-refractivity contribution is 6.11. The molecule has 0 saturated carbocycles. The molecule has 0 radical (unpaired) electrons. The zero-order chi connectivity index (χ0) is 13.1. The molecule has 0 saturated heterocycles.